The van der Waals surface area contributed by atoms with Gasteiger partial charge in [0.25, 0.3) is 0 Å². The molecule has 1 N–H and O–H groups in total. The Morgan fingerprint density at radius 2 is 1.74 bits per heavy atom. The Balaban J connectivity index is 1.73. The Hall–Kier alpha value is -1.84. The van der Waals surface area contributed by atoms with Crippen molar-refractivity contribution in [3.8, 4) is 11.5 Å². The van der Waals surface area contributed by atoms with Crippen LogP contribution in [0.1, 0.15) is 0 Å². The second kappa shape index (κ2) is 6.34. The topological polar surface area (TPSA) is 96.4 Å². The van der Waals surface area contributed by atoms with Crippen molar-refractivity contribution < 1.29 is 27.8 Å². The molecule has 2 heterocycles. The molecule has 1 aromatic carbocycles. The quantitative estimate of drug-likeness (QED) is 0.813. The van der Waals surface area contributed by atoms with E-state index in [0.717, 1.165) is 0 Å². The first-order valence-electron chi connectivity index (χ1n) is 7.31. The van der Waals surface area contributed by atoms with E-state index in [-0.39, 0.29) is 24.5 Å². The monoisotopic (exact) mass is 342 g/mol. The van der Waals surface area contributed by atoms with Crippen LogP contribution in [-0.2, 0) is 14.8 Å². The molecule has 0 amide bonds. The predicted octanol–water partition coefficient (Wildman–Crippen LogP) is -0.151. The molecule has 1 aromatic rings. The van der Waals surface area contributed by atoms with Crippen LogP contribution in [0.5, 0.6) is 11.5 Å². The summed E-state index contributed by atoms with van der Waals surface area (Å²) >= 11 is 0. The first-order valence-corrected chi connectivity index (χ1v) is 8.75. The molecule has 2 aliphatic rings. The Labute approximate surface area is 134 Å². The number of rotatable bonds is 4. The van der Waals surface area contributed by atoms with Crippen molar-refractivity contribution in [3.63, 3.8) is 0 Å². The maximum Gasteiger partial charge on any atom is 0.317 e. The number of carbonyl (C=O) groups is 1. The average Bonchev–Trinajstić information content (AvgIpc) is 2.54. The number of hydrogen-bond acceptors (Lipinski definition) is 6. The zero-order chi connectivity index (χ0) is 16.4. The third-order valence-electron chi connectivity index (χ3n) is 3.84. The first-order chi connectivity index (χ1) is 11.0. The minimum Gasteiger partial charge on any atom is -0.486 e. The normalized spacial score (nSPS) is 19.5. The van der Waals surface area contributed by atoms with E-state index in [4.69, 9.17) is 14.6 Å². The second-order valence-corrected chi connectivity index (χ2v) is 7.32. The summed E-state index contributed by atoms with van der Waals surface area (Å²) in [5.74, 6) is 0.0662. The van der Waals surface area contributed by atoms with Gasteiger partial charge in [0.2, 0.25) is 10.0 Å². The van der Waals surface area contributed by atoms with E-state index in [9.17, 15) is 13.2 Å². The lowest BCUT2D eigenvalue weighted by molar-refractivity contribution is -0.138. The number of ether oxygens (including phenoxy) is 2. The fourth-order valence-electron chi connectivity index (χ4n) is 2.65. The van der Waals surface area contributed by atoms with Crippen LogP contribution in [0.15, 0.2) is 23.1 Å². The largest absolute Gasteiger partial charge is 0.486 e. The van der Waals surface area contributed by atoms with E-state index in [1.165, 1.54) is 16.4 Å². The van der Waals surface area contributed by atoms with Crippen LogP contribution in [0, 0.1) is 0 Å². The lowest BCUT2D eigenvalue weighted by Crippen LogP contribution is -2.49. The highest BCUT2D eigenvalue weighted by Crippen LogP contribution is 2.33. The van der Waals surface area contributed by atoms with Crippen molar-refractivity contribution in [2.24, 2.45) is 0 Å². The summed E-state index contributed by atoms with van der Waals surface area (Å²) in [7, 11) is -3.62. The van der Waals surface area contributed by atoms with Crippen LogP contribution in [0.4, 0.5) is 0 Å². The average molecular weight is 342 g/mol. The number of piperazine rings is 1. The minimum absolute atomic E-state index is 0.0715. The zero-order valence-corrected chi connectivity index (χ0v) is 13.3. The molecule has 1 saturated heterocycles. The highest BCUT2D eigenvalue weighted by atomic mass is 32.2. The van der Waals surface area contributed by atoms with Gasteiger partial charge in [-0.15, -0.1) is 0 Å². The number of carboxylic acids is 1. The number of carboxylic acid groups (broad SMARTS) is 1. The van der Waals surface area contributed by atoms with Gasteiger partial charge < -0.3 is 14.6 Å². The van der Waals surface area contributed by atoms with Crippen molar-refractivity contribution >= 4 is 16.0 Å². The molecule has 1 fully saturated rings. The minimum atomic E-state index is -3.62. The number of fused-ring (bicyclic) bond motifs is 1. The molecule has 0 saturated carbocycles. The zero-order valence-electron chi connectivity index (χ0n) is 12.5. The SMILES string of the molecule is O=C(O)CN1CCN(S(=O)(=O)c2ccc3c(c2)OCCO3)CC1. The highest BCUT2D eigenvalue weighted by molar-refractivity contribution is 7.89. The Morgan fingerprint density at radius 3 is 2.39 bits per heavy atom. The molecular weight excluding hydrogens is 324 g/mol. The molecule has 23 heavy (non-hydrogen) atoms. The summed E-state index contributed by atoms with van der Waals surface area (Å²) in [6.45, 7) is 2.10. The Kier molecular flexibility index (Phi) is 4.42. The summed E-state index contributed by atoms with van der Waals surface area (Å²) in [4.78, 5) is 12.6. The Bertz CT molecular complexity index is 697. The second-order valence-electron chi connectivity index (χ2n) is 5.38. The molecule has 9 heteroatoms. The maximum atomic E-state index is 12.7. The third kappa shape index (κ3) is 3.41. The van der Waals surface area contributed by atoms with E-state index in [1.807, 2.05) is 0 Å². The van der Waals surface area contributed by atoms with Crippen molar-refractivity contribution in [2.75, 3.05) is 45.9 Å². The number of aliphatic carboxylic acids is 1. The molecule has 0 bridgehead atoms. The van der Waals surface area contributed by atoms with E-state index >= 15 is 0 Å². The van der Waals surface area contributed by atoms with E-state index in [0.29, 0.717) is 37.8 Å². The van der Waals surface area contributed by atoms with Gasteiger partial charge in [0.1, 0.15) is 13.2 Å². The van der Waals surface area contributed by atoms with Crippen molar-refractivity contribution in [3.05, 3.63) is 18.2 Å². The first kappa shape index (κ1) is 16.0. The summed E-state index contributed by atoms with van der Waals surface area (Å²) in [5.41, 5.74) is 0. The summed E-state index contributed by atoms with van der Waals surface area (Å²) in [6.07, 6.45) is 0. The molecule has 0 atom stereocenters. The van der Waals surface area contributed by atoms with Gasteiger partial charge in [-0.25, -0.2) is 8.42 Å². The third-order valence-corrected chi connectivity index (χ3v) is 5.74. The molecule has 8 nitrogen and oxygen atoms in total. The van der Waals surface area contributed by atoms with Crippen LogP contribution >= 0.6 is 0 Å². The molecule has 0 unspecified atom stereocenters. The summed E-state index contributed by atoms with van der Waals surface area (Å²) in [6, 6.07) is 4.59. The summed E-state index contributed by atoms with van der Waals surface area (Å²) < 4.78 is 37.6. The van der Waals surface area contributed by atoms with Crippen LogP contribution in [-0.4, -0.2) is 74.6 Å². The van der Waals surface area contributed by atoms with Crippen molar-refractivity contribution in [1.29, 1.82) is 0 Å². The van der Waals surface area contributed by atoms with Crippen LogP contribution in [0.2, 0.25) is 0 Å². The maximum absolute atomic E-state index is 12.7. The van der Waals surface area contributed by atoms with Gasteiger partial charge in [0.15, 0.2) is 11.5 Å². The lowest BCUT2D eigenvalue weighted by atomic mass is 10.3. The van der Waals surface area contributed by atoms with Crippen molar-refractivity contribution in [2.45, 2.75) is 4.90 Å². The van der Waals surface area contributed by atoms with E-state index in [1.54, 1.807) is 11.0 Å². The van der Waals surface area contributed by atoms with Gasteiger partial charge in [0.05, 0.1) is 11.4 Å². The molecule has 0 spiro atoms. The van der Waals surface area contributed by atoms with Crippen molar-refractivity contribution in [1.82, 2.24) is 9.21 Å². The number of sulfonamides is 1. The molecule has 0 radical (unpaired) electrons. The number of nitrogens with zero attached hydrogens (tertiary/aromatic N) is 2. The highest BCUT2D eigenvalue weighted by Gasteiger charge is 2.30. The number of benzene rings is 1. The standard InChI is InChI=1S/C14H18N2O6S/c17-14(18)10-15-3-5-16(6-4-15)23(19,20)11-1-2-12-13(9-11)22-8-7-21-12/h1-2,9H,3-8,10H2,(H,17,18). The Morgan fingerprint density at radius 1 is 1.09 bits per heavy atom. The van der Waals surface area contributed by atoms with Crippen LogP contribution < -0.4 is 9.47 Å². The smallest absolute Gasteiger partial charge is 0.317 e. The molecule has 0 aromatic heterocycles. The predicted molar refractivity (Wildman–Crippen MR) is 80.3 cm³/mol. The van der Waals surface area contributed by atoms with Gasteiger partial charge >= 0.3 is 5.97 Å². The van der Waals surface area contributed by atoms with Gasteiger partial charge in [-0.2, -0.15) is 4.31 Å². The number of hydrogen-bond donors (Lipinski definition) is 1. The van der Waals surface area contributed by atoms with Gasteiger partial charge in [0, 0.05) is 32.2 Å². The van der Waals surface area contributed by atoms with E-state index < -0.39 is 16.0 Å². The molecule has 2 aliphatic heterocycles. The van der Waals surface area contributed by atoms with Gasteiger partial charge in [-0.3, -0.25) is 9.69 Å². The summed E-state index contributed by atoms with van der Waals surface area (Å²) in [5, 5.41) is 8.78. The molecule has 3 rings (SSSR count). The lowest BCUT2D eigenvalue weighted by Gasteiger charge is -2.33. The fraction of sp³-hybridized carbons (Fsp3) is 0.500. The molecule has 126 valence electrons. The van der Waals surface area contributed by atoms with Crippen LogP contribution in [0.3, 0.4) is 0 Å². The van der Waals surface area contributed by atoms with Gasteiger partial charge in [-0.1, -0.05) is 0 Å². The van der Waals surface area contributed by atoms with Crippen LogP contribution in [0.25, 0.3) is 0 Å². The van der Waals surface area contributed by atoms with E-state index in [2.05, 4.69) is 0 Å². The fourth-order valence-corrected chi connectivity index (χ4v) is 4.09. The molecular formula is C14H18N2O6S. The van der Waals surface area contributed by atoms with Gasteiger partial charge in [-0.05, 0) is 12.1 Å². The molecule has 0 aliphatic carbocycles.